The predicted octanol–water partition coefficient (Wildman–Crippen LogP) is 2.24. The molecule has 23 heavy (non-hydrogen) atoms. The second-order valence-corrected chi connectivity index (χ2v) is 6.05. The molecule has 4 nitrogen and oxygen atoms in total. The molecule has 0 saturated heterocycles. The molecule has 0 bridgehead atoms. The number of hydrogen-bond acceptors (Lipinski definition) is 3. The Morgan fingerprint density at radius 1 is 0.870 bits per heavy atom. The topological polar surface area (TPSA) is 42.2 Å². The molecule has 0 atom stereocenters. The second-order valence-electron chi connectivity index (χ2n) is 6.05. The largest absolute Gasteiger partial charge is 0.368 e. The number of quaternary nitrogens is 1. The molecule has 118 valence electrons. The molecule has 1 aromatic heterocycles. The lowest BCUT2D eigenvalue weighted by Crippen LogP contribution is -3.05. The van der Waals surface area contributed by atoms with Crippen LogP contribution in [0.4, 0.5) is 5.82 Å². The Hall–Kier alpha value is -2.46. The Morgan fingerprint density at radius 3 is 2.30 bits per heavy atom. The van der Waals surface area contributed by atoms with Crippen molar-refractivity contribution >= 4 is 16.6 Å². The summed E-state index contributed by atoms with van der Waals surface area (Å²) in [6.07, 6.45) is 1.11. The number of benzene rings is 2. The maximum Gasteiger partial charge on any atom is 0.156 e. The Labute approximate surface area is 137 Å². The van der Waals surface area contributed by atoms with Crippen molar-refractivity contribution in [2.75, 3.05) is 32.5 Å². The van der Waals surface area contributed by atoms with E-state index in [2.05, 4.69) is 59.9 Å². The van der Waals surface area contributed by atoms with Gasteiger partial charge in [0.2, 0.25) is 0 Å². The van der Waals surface area contributed by atoms with Gasteiger partial charge in [-0.1, -0.05) is 54.6 Å². The minimum absolute atomic E-state index is 0.869. The van der Waals surface area contributed by atoms with E-state index in [1.54, 1.807) is 0 Å². The van der Waals surface area contributed by atoms with E-state index in [0.717, 1.165) is 47.4 Å². The molecule has 0 aliphatic heterocycles. The maximum atomic E-state index is 4.47. The average molecular weight is 307 g/mol. The van der Waals surface area contributed by atoms with Crippen LogP contribution >= 0.6 is 0 Å². The van der Waals surface area contributed by atoms with Crippen molar-refractivity contribution in [1.82, 2.24) is 10.2 Å². The van der Waals surface area contributed by atoms with Gasteiger partial charge in [-0.25, -0.2) is 0 Å². The van der Waals surface area contributed by atoms with Gasteiger partial charge in [0.25, 0.3) is 0 Å². The zero-order valence-corrected chi connectivity index (χ0v) is 13.7. The van der Waals surface area contributed by atoms with Crippen molar-refractivity contribution in [3.63, 3.8) is 0 Å². The van der Waals surface area contributed by atoms with E-state index in [0.29, 0.717) is 0 Å². The Balaban J connectivity index is 1.90. The molecule has 0 aliphatic rings. The van der Waals surface area contributed by atoms with Gasteiger partial charge >= 0.3 is 0 Å². The fourth-order valence-electron chi connectivity index (χ4n) is 2.69. The van der Waals surface area contributed by atoms with E-state index >= 15 is 0 Å². The summed E-state index contributed by atoms with van der Waals surface area (Å²) in [6, 6.07) is 18.5. The third-order valence-corrected chi connectivity index (χ3v) is 3.88. The van der Waals surface area contributed by atoms with Crippen molar-refractivity contribution in [1.29, 1.82) is 0 Å². The molecular weight excluding hydrogens is 284 g/mol. The molecule has 2 N–H and O–H groups in total. The molecule has 2 aromatic carbocycles. The average Bonchev–Trinajstić information content (AvgIpc) is 2.59. The fraction of sp³-hybridized carbons (Fsp3) is 0.263. The lowest BCUT2D eigenvalue weighted by atomic mass is 10.0. The monoisotopic (exact) mass is 307 g/mol. The van der Waals surface area contributed by atoms with Crippen molar-refractivity contribution in [2.24, 2.45) is 0 Å². The molecule has 3 rings (SSSR count). The minimum Gasteiger partial charge on any atom is -0.368 e. The van der Waals surface area contributed by atoms with E-state index < -0.39 is 0 Å². The quantitative estimate of drug-likeness (QED) is 0.686. The Morgan fingerprint density at radius 2 is 1.57 bits per heavy atom. The molecule has 3 aromatic rings. The van der Waals surface area contributed by atoms with Crippen LogP contribution < -0.4 is 10.2 Å². The molecule has 1 heterocycles. The third-order valence-electron chi connectivity index (χ3n) is 3.88. The van der Waals surface area contributed by atoms with E-state index in [4.69, 9.17) is 0 Å². The van der Waals surface area contributed by atoms with Crippen LogP contribution in [-0.4, -0.2) is 37.4 Å². The van der Waals surface area contributed by atoms with Gasteiger partial charge in [-0.3, -0.25) is 0 Å². The van der Waals surface area contributed by atoms with E-state index in [9.17, 15) is 0 Å². The van der Waals surface area contributed by atoms with Crippen LogP contribution in [0.1, 0.15) is 6.42 Å². The maximum absolute atomic E-state index is 4.47. The van der Waals surface area contributed by atoms with Crippen LogP contribution in [-0.2, 0) is 0 Å². The van der Waals surface area contributed by atoms with Crippen molar-refractivity contribution in [3.05, 3.63) is 54.6 Å². The minimum atomic E-state index is 0.869. The summed E-state index contributed by atoms with van der Waals surface area (Å²) in [5.74, 6) is 0.869. The first-order valence-corrected chi connectivity index (χ1v) is 8.09. The predicted molar refractivity (Wildman–Crippen MR) is 95.8 cm³/mol. The summed E-state index contributed by atoms with van der Waals surface area (Å²) >= 11 is 0. The highest BCUT2D eigenvalue weighted by atomic mass is 15.2. The molecule has 0 fully saturated rings. The number of anilines is 1. The molecule has 0 amide bonds. The summed E-state index contributed by atoms with van der Waals surface area (Å²) < 4.78 is 0. The van der Waals surface area contributed by atoms with Gasteiger partial charge in [0.05, 0.1) is 20.6 Å². The molecule has 0 saturated carbocycles. The summed E-state index contributed by atoms with van der Waals surface area (Å²) in [4.78, 5) is 1.46. The highest BCUT2D eigenvalue weighted by Gasteiger charge is 2.10. The number of nitrogens with zero attached hydrogens (tertiary/aromatic N) is 2. The smallest absolute Gasteiger partial charge is 0.156 e. The van der Waals surface area contributed by atoms with Gasteiger partial charge in [0.1, 0.15) is 5.69 Å². The molecular formula is C19H23N4+. The highest BCUT2D eigenvalue weighted by Crippen LogP contribution is 2.29. The number of hydrogen-bond donors (Lipinski definition) is 2. The number of rotatable bonds is 6. The van der Waals surface area contributed by atoms with Crippen LogP contribution in [0.5, 0.6) is 0 Å². The number of fused-ring (bicyclic) bond motifs is 1. The zero-order valence-electron chi connectivity index (χ0n) is 13.7. The Kier molecular flexibility index (Phi) is 4.83. The van der Waals surface area contributed by atoms with Crippen LogP contribution in [0, 0.1) is 0 Å². The fourth-order valence-corrected chi connectivity index (χ4v) is 2.69. The van der Waals surface area contributed by atoms with E-state index in [1.807, 2.05) is 24.3 Å². The second kappa shape index (κ2) is 7.20. The first-order chi connectivity index (χ1) is 11.3. The van der Waals surface area contributed by atoms with E-state index in [1.165, 1.54) is 4.90 Å². The van der Waals surface area contributed by atoms with Gasteiger partial charge in [0.15, 0.2) is 5.82 Å². The standard InChI is InChI=1S/C19H22N4/c1-23(2)14-8-13-20-19-17-12-7-6-11-16(17)18(21-22-19)15-9-4-3-5-10-15/h3-7,9-12H,8,13-14H2,1-2H3,(H,20,22)/p+1. The first-order valence-electron chi connectivity index (χ1n) is 8.09. The van der Waals surface area contributed by atoms with Gasteiger partial charge < -0.3 is 10.2 Å². The van der Waals surface area contributed by atoms with Crippen LogP contribution in [0.25, 0.3) is 22.0 Å². The summed E-state index contributed by atoms with van der Waals surface area (Å²) in [6.45, 7) is 2.05. The van der Waals surface area contributed by atoms with Gasteiger partial charge in [0, 0.05) is 29.3 Å². The van der Waals surface area contributed by atoms with Gasteiger partial charge in [-0.2, -0.15) is 0 Å². The van der Waals surface area contributed by atoms with Crippen LogP contribution in [0.3, 0.4) is 0 Å². The number of nitrogens with one attached hydrogen (secondary N) is 2. The summed E-state index contributed by atoms with van der Waals surface area (Å²) in [7, 11) is 4.34. The van der Waals surface area contributed by atoms with Crippen LogP contribution in [0.15, 0.2) is 54.6 Å². The zero-order chi connectivity index (χ0) is 16.1. The normalized spacial score (nSPS) is 11.1. The lowest BCUT2D eigenvalue weighted by Gasteiger charge is -2.12. The summed E-state index contributed by atoms with van der Waals surface area (Å²) in [5, 5.41) is 14.6. The molecule has 0 unspecified atom stereocenters. The molecule has 0 spiro atoms. The van der Waals surface area contributed by atoms with E-state index in [-0.39, 0.29) is 0 Å². The molecule has 4 heteroatoms. The third kappa shape index (κ3) is 3.66. The summed E-state index contributed by atoms with van der Waals surface area (Å²) in [5.41, 5.74) is 2.03. The SMILES string of the molecule is C[NH+](C)CCCNc1nnc(-c2ccccc2)c2ccccc12. The highest BCUT2D eigenvalue weighted by molar-refractivity contribution is 5.99. The first kappa shape index (κ1) is 15.4. The number of aromatic nitrogens is 2. The van der Waals surface area contributed by atoms with Crippen molar-refractivity contribution < 1.29 is 4.90 Å². The lowest BCUT2D eigenvalue weighted by molar-refractivity contribution is -0.858. The molecule has 0 aliphatic carbocycles. The van der Waals surface area contributed by atoms with Crippen molar-refractivity contribution in [3.8, 4) is 11.3 Å². The molecule has 0 radical (unpaired) electrons. The van der Waals surface area contributed by atoms with Gasteiger partial charge in [-0.15, -0.1) is 10.2 Å². The van der Waals surface area contributed by atoms with Gasteiger partial charge in [-0.05, 0) is 0 Å². The Bertz CT molecular complexity index is 769. The van der Waals surface area contributed by atoms with Crippen molar-refractivity contribution in [2.45, 2.75) is 6.42 Å². The van der Waals surface area contributed by atoms with Crippen LogP contribution in [0.2, 0.25) is 0 Å².